The highest BCUT2D eigenvalue weighted by atomic mass is 16.3. The standard InChI is InChI=1S/C15H32N2O/c1-4-15(13-18,16-2)11-8-12-17(3)14-9-6-5-7-10-14/h14,16,18H,4-13H2,1-3H3. The molecule has 0 bridgehead atoms. The van der Waals surface area contributed by atoms with Crippen molar-refractivity contribution in [3.63, 3.8) is 0 Å². The van der Waals surface area contributed by atoms with E-state index in [4.69, 9.17) is 0 Å². The molecule has 0 aromatic rings. The molecular weight excluding hydrogens is 224 g/mol. The maximum Gasteiger partial charge on any atom is 0.0613 e. The van der Waals surface area contributed by atoms with Gasteiger partial charge in [0.25, 0.3) is 0 Å². The van der Waals surface area contributed by atoms with E-state index in [0.29, 0.717) is 0 Å². The molecule has 0 radical (unpaired) electrons. The van der Waals surface area contributed by atoms with Gasteiger partial charge in [-0.15, -0.1) is 0 Å². The number of nitrogens with one attached hydrogen (secondary N) is 1. The molecule has 1 unspecified atom stereocenters. The van der Waals surface area contributed by atoms with E-state index in [9.17, 15) is 5.11 Å². The number of hydrogen-bond acceptors (Lipinski definition) is 3. The van der Waals surface area contributed by atoms with Crippen molar-refractivity contribution in [2.45, 2.75) is 69.9 Å². The largest absolute Gasteiger partial charge is 0.394 e. The van der Waals surface area contributed by atoms with Gasteiger partial charge in [0.1, 0.15) is 0 Å². The minimum Gasteiger partial charge on any atom is -0.394 e. The molecule has 1 aliphatic rings. The second-order valence-electron chi connectivity index (χ2n) is 5.92. The van der Waals surface area contributed by atoms with Gasteiger partial charge < -0.3 is 15.3 Å². The zero-order valence-electron chi connectivity index (χ0n) is 12.5. The number of rotatable bonds is 8. The molecule has 0 aromatic carbocycles. The monoisotopic (exact) mass is 256 g/mol. The molecule has 1 rings (SSSR count). The van der Waals surface area contributed by atoms with Crippen LogP contribution in [0.5, 0.6) is 0 Å². The Morgan fingerprint density at radius 1 is 1.28 bits per heavy atom. The summed E-state index contributed by atoms with van der Waals surface area (Å²) in [5, 5.41) is 12.8. The van der Waals surface area contributed by atoms with Crippen molar-refractivity contribution in [2.75, 3.05) is 27.2 Å². The van der Waals surface area contributed by atoms with E-state index >= 15 is 0 Å². The van der Waals surface area contributed by atoms with Crippen LogP contribution in [0.4, 0.5) is 0 Å². The molecule has 3 nitrogen and oxygen atoms in total. The van der Waals surface area contributed by atoms with Crippen LogP contribution in [0.15, 0.2) is 0 Å². The van der Waals surface area contributed by atoms with Gasteiger partial charge in [-0.1, -0.05) is 26.2 Å². The van der Waals surface area contributed by atoms with E-state index in [1.54, 1.807) is 0 Å². The first kappa shape index (κ1) is 15.9. The first-order valence-corrected chi connectivity index (χ1v) is 7.67. The van der Waals surface area contributed by atoms with E-state index in [1.807, 2.05) is 7.05 Å². The Morgan fingerprint density at radius 2 is 1.94 bits per heavy atom. The van der Waals surface area contributed by atoms with Crippen LogP contribution in [0.3, 0.4) is 0 Å². The smallest absolute Gasteiger partial charge is 0.0613 e. The predicted molar refractivity (Wildman–Crippen MR) is 77.9 cm³/mol. The Balaban J connectivity index is 2.26. The summed E-state index contributed by atoms with van der Waals surface area (Å²) >= 11 is 0. The molecule has 108 valence electrons. The Bertz CT molecular complexity index is 202. The zero-order chi connectivity index (χ0) is 13.4. The molecule has 0 aromatic heterocycles. The van der Waals surface area contributed by atoms with Gasteiger partial charge in [0.2, 0.25) is 0 Å². The average Bonchev–Trinajstić information content (AvgIpc) is 2.45. The number of aliphatic hydroxyl groups is 1. The molecular formula is C15H32N2O. The van der Waals surface area contributed by atoms with Crippen LogP contribution in [0.1, 0.15) is 58.3 Å². The fourth-order valence-electron chi connectivity index (χ4n) is 3.12. The van der Waals surface area contributed by atoms with Crippen LogP contribution < -0.4 is 5.32 Å². The van der Waals surface area contributed by atoms with Crippen LogP contribution in [0.2, 0.25) is 0 Å². The maximum atomic E-state index is 9.51. The summed E-state index contributed by atoms with van der Waals surface area (Å²) in [6.45, 7) is 3.55. The quantitative estimate of drug-likeness (QED) is 0.700. The zero-order valence-corrected chi connectivity index (χ0v) is 12.5. The summed E-state index contributed by atoms with van der Waals surface area (Å²) in [6, 6.07) is 0.804. The minimum absolute atomic E-state index is 0.0621. The van der Waals surface area contributed by atoms with E-state index in [1.165, 1.54) is 38.5 Å². The van der Waals surface area contributed by atoms with Gasteiger partial charge in [-0.05, 0) is 52.7 Å². The molecule has 1 fully saturated rings. The Morgan fingerprint density at radius 3 is 2.44 bits per heavy atom. The topological polar surface area (TPSA) is 35.5 Å². The number of nitrogens with zero attached hydrogens (tertiary/aromatic N) is 1. The van der Waals surface area contributed by atoms with Crippen molar-refractivity contribution in [1.82, 2.24) is 10.2 Å². The Hall–Kier alpha value is -0.120. The third-order valence-electron chi connectivity index (χ3n) is 4.87. The summed E-state index contributed by atoms with van der Waals surface area (Å²) in [4.78, 5) is 2.53. The van der Waals surface area contributed by atoms with Crippen molar-refractivity contribution in [3.05, 3.63) is 0 Å². The summed E-state index contributed by atoms with van der Waals surface area (Å²) in [6.07, 6.45) is 10.2. The van der Waals surface area contributed by atoms with Crippen molar-refractivity contribution in [2.24, 2.45) is 0 Å². The maximum absolute atomic E-state index is 9.51. The highest BCUT2D eigenvalue weighted by molar-refractivity contribution is 4.85. The van der Waals surface area contributed by atoms with Gasteiger partial charge in [0, 0.05) is 11.6 Å². The highest BCUT2D eigenvalue weighted by Crippen LogP contribution is 2.23. The second-order valence-corrected chi connectivity index (χ2v) is 5.92. The second kappa shape index (κ2) is 8.13. The minimum atomic E-state index is -0.0621. The van der Waals surface area contributed by atoms with E-state index in [-0.39, 0.29) is 12.1 Å². The molecule has 0 saturated heterocycles. The van der Waals surface area contributed by atoms with Gasteiger partial charge in [-0.3, -0.25) is 0 Å². The van der Waals surface area contributed by atoms with Gasteiger partial charge >= 0.3 is 0 Å². The molecule has 0 heterocycles. The summed E-state index contributed by atoms with van der Waals surface area (Å²) < 4.78 is 0. The molecule has 18 heavy (non-hydrogen) atoms. The first-order valence-electron chi connectivity index (χ1n) is 7.67. The fourth-order valence-corrected chi connectivity index (χ4v) is 3.12. The summed E-state index contributed by atoms with van der Waals surface area (Å²) in [5.74, 6) is 0. The molecule has 1 aliphatic carbocycles. The summed E-state index contributed by atoms with van der Waals surface area (Å²) in [5.41, 5.74) is -0.0621. The third-order valence-corrected chi connectivity index (χ3v) is 4.87. The molecule has 0 aliphatic heterocycles. The van der Waals surface area contributed by atoms with E-state index in [2.05, 4.69) is 24.2 Å². The third kappa shape index (κ3) is 4.52. The lowest BCUT2D eigenvalue weighted by Crippen LogP contribution is -2.46. The number of likely N-dealkylation sites (N-methyl/N-ethyl adjacent to an activating group) is 1. The van der Waals surface area contributed by atoms with E-state index < -0.39 is 0 Å². The molecule has 0 spiro atoms. The van der Waals surface area contributed by atoms with Crippen LogP contribution in [0.25, 0.3) is 0 Å². The van der Waals surface area contributed by atoms with Crippen LogP contribution in [-0.2, 0) is 0 Å². The Kier molecular flexibility index (Phi) is 7.20. The van der Waals surface area contributed by atoms with E-state index in [0.717, 1.165) is 25.4 Å². The van der Waals surface area contributed by atoms with Crippen LogP contribution in [-0.4, -0.2) is 48.8 Å². The summed E-state index contributed by atoms with van der Waals surface area (Å²) in [7, 11) is 4.23. The van der Waals surface area contributed by atoms with Gasteiger partial charge in [-0.2, -0.15) is 0 Å². The lowest BCUT2D eigenvalue weighted by atomic mass is 9.90. The molecule has 0 amide bonds. The predicted octanol–water partition coefficient (Wildman–Crippen LogP) is 2.39. The lowest BCUT2D eigenvalue weighted by molar-refractivity contribution is 0.138. The molecule has 3 heteroatoms. The van der Waals surface area contributed by atoms with Crippen molar-refractivity contribution in [3.8, 4) is 0 Å². The molecule has 1 saturated carbocycles. The van der Waals surface area contributed by atoms with Crippen LogP contribution >= 0.6 is 0 Å². The van der Waals surface area contributed by atoms with Gasteiger partial charge in [-0.25, -0.2) is 0 Å². The first-order chi connectivity index (χ1) is 8.67. The Labute approximate surface area is 113 Å². The van der Waals surface area contributed by atoms with Crippen LogP contribution in [0, 0.1) is 0 Å². The number of hydrogen-bond donors (Lipinski definition) is 2. The normalized spacial score (nSPS) is 21.2. The van der Waals surface area contributed by atoms with Crippen molar-refractivity contribution in [1.29, 1.82) is 0 Å². The van der Waals surface area contributed by atoms with Crippen molar-refractivity contribution >= 4 is 0 Å². The fraction of sp³-hybridized carbons (Fsp3) is 1.00. The average molecular weight is 256 g/mol. The highest BCUT2D eigenvalue weighted by Gasteiger charge is 2.25. The molecule has 2 N–H and O–H groups in total. The van der Waals surface area contributed by atoms with Crippen molar-refractivity contribution < 1.29 is 5.11 Å². The van der Waals surface area contributed by atoms with Gasteiger partial charge in [0.05, 0.1) is 6.61 Å². The lowest BCUT2D eigenvalue weighted by Gasteiger charge is -2.34. The number of aliphatic hydroxyl groups excluding tert-OH is 1. The van der Waals surface area contributed by atoms with Gasteiger partial charge in [0.15, 0.2) is 0 Å². The SMILES string of the molecule is CCC(CO)(CCCN(C)C1CCCCC1)NC. The molecule has 1 atom stereocenters.